The van der Waals surface area contributed by atoms with Gasteiger partial charge in [0.15, 0.2) is 0 Å². The molecule has 4 rings (SSSR count). The molecule has 1 saturated heterocycles. The van der Waals surface area contributed by atoms with E-state index in [0.717, 1.165) is 23.3 Å². The van der Waals surface area contributed by atoms with Gasteiger partial charge in [-0.1, -0.05) is 42.5 Å². The lowest BCUT2D eigenvalue weighted by molar-refractivity contribution is -0.126. The summed E-state index contributed by atoms with van der Waals surface area (Å²) in [6, 6.07) is 18.2. The van der Waals surface area contributed by atoms with Crippen LogP contribution in [0.3, 0.4) is 0 Å². The number of benzene rings is 2. The predicted molar refractivity (Wildman–Crippen MR) is 109 cm³/mol. The maximum atomic E-state index is 12.5. The zero-order valence-electron chi connectivity index (χ0n) is 15.1. The normalized spacial score (nSPS) is 15.0. The van der Waals surface area contributed by atoms with Gasteiger partial charge in [0.25, 0.3) is 5.91 Å². The monoisotopic (exact) mass is 378 g/mol. The van der Waals surface area contributed by atoms with Crippen molar-refractivity contribution in [2.45, 2.75) is 19.4 Å². The number of amides is 2. The first-order valence-corrected chi connectivity index (χ1v) is 10.2. The van der Waals surface area contributed by atoms with Crippen LogP contribution in [0, 0.1) is 5.92 Å². The molecule has 0 bridgehead atoms. The predicted octanol–water partition coefficient (Wildman–Crippen LogP) is 4.07. The number of carbonyl (C=O) groups excluding carboxylic acids is 2. The zero-order valence-corrected chi connectivity index (χ0v) is 15.9. The molecule has 3 aromatic rings. The van der Waals surface area contributed by atoms with Gasteiger partial charge in [-0.2, -0.15) is 0 Å². The van der Waals surface area contributed by atoms with Crippen molar-refractivity contribution in [1.82, 2.24) is 10.2 Å². The molecule has 1 N–H and O–H groups in total. The summed E-state index contributed by atoms with van der Waals surface area (Å²) >= 11 is 1.47. The number of rotatable bonds is 4. The van der Waals surface area contributed by atoms with Crippen LogP contribution in [-0.2, 0) is 11.3 Å². The van der Waals surface area contributed by atoms with Crippen LogP contribution in [0.25, 0.3) is 10.8 Å². The Kier molecular flexibility index (Phi) is 5.21. The van der Waals surface area contributed by atoms with E-state index in [0.29, 0.717) is 19.6 Å². The molecule has 27 heavy (non-hydrogen) atoms. The Hall–Kier alpha value is -2.66. The fourth-order valence-electron chi connectivity index (χ4n) is 3.58. The van der Waals surface area contributed by atoms with Crippen LogP contribution in [-0.4, -0.2) is 29.8 Å². The van der Waals surface area contributed by atoms with Gasteiger partial charge in [0.2, 0.25) is 5.91 Å². The minimum Gasteiger partial charge on any atom is -0.352 e. The highest BCUT2D eigenvalue weighted by atomic mass is 32.1. The van der Waals surface area contributed by atoms with Gasteiger partial charge in [-0.3, -0.25) is 9.59 Å². The molecule has 0 saturated carbocycles. The van der Waals surface area contributed by atoms with E-state index in [-0.39, 0.29) is 17.7 Å². The van der Waals surface area contributed by atoms with Crippen molar-refractivity contribution in [3.63, 3.8) is 0 Å². The average molecular weight is 378 g/mol. The topological polar surface area (TPSA) is 49.4 Å². The maximum absolute atomic E-state index is 12.5. The van der Waals surface area contributed by atoms with Crippen molar-refractivity contribution >= 4 is 33.9 Å². The molecule has 1 aliphatic heterocycles. The molecule has 2 amide bonds. The molecule has 0 spiro atoms. The van der Waals surface area contributed by atoms with Gasteiger partial charge in [0.05, 0.1) is 4.88 Å². The highest BCUT2D eigenvalue weighted by Gasteiger charge is 2.27. The summed E-state index contributed by atoms with van der Waals surface area (Å²) in [5.74, 6) is 0.157. The van der Waals surface area contributed by atoms with Crippen molar-refractivity contribution in [2.75, 3.05) is 13.1 Å². The zero-order chi connectivity index (χ0) is 18.6. The van der Waals surface area contributed by atoms with Crippen LogP contribution in [0.5, 0.6) is 0 Å². The lowest BCUT2D eigenvalue weighted by Gasteiger charge is -2.31. The van der Waals surface area contributed by atoms with Crippen molar-refractivity contribution in [2.24, 2.45) is 5.92 Å². The van der Waals surface area contributed by atoms with Crippen molar-refractivity contribution in [3.05, 3.63) is 70.4 Å². The number of nitrogens with one attached hydrogen (secondary N) is 1. The second kappa shape index (κ2) is 7.92. The van der Waals surface area contributed by atoms with E-state index in [1.807, 2.05) is 34.5 Å². The quantitative estimate of drug-likeness (QED) is 0.744. The van der Waals surface area contributed by atoms with Crippen LogP contribution in [0.2, 0.25) is 0 Å². The van der Waals surface area contributed by atoms with E-state index in [1.165, 1.54) is 22.1 Å². The largest absolute Gasteiger partial charge is 0.352 e. The Bertz CT molecular complexity index is 944. The summed E-state index contributed by atoms with van der Waals surface area (Å²) < 4.78 is 0. The molecule has 0 atom stereocenters. The van der Waals surface area contributed by atoms with Gasteiger partial charge in [0.1, 0.15) is 0 Å². The van der Waals surface area contributed by atoms with E-state index in [9.17, 15) is 9.59 Å². The number of thiophene rings is 1. The average Bonchev–Trinajstić information content (AvgIpc) is 3.26. The van der Waals surface area contributed by atoms with Gasteiger partial charge >= 0.3 is 0 Å². The summed E-state index contributed by atoms with van der Waals surface area (Å²) in [5, 5.41) is 7.37. The summed E-state index contributed by atoms with van der Waals surface area (Å²) in [6.07, 6.45) is 1.45. The van der Waals surface area contributed by atoms with E-state index in [4.69, 9.17) is 0 Å². The minimum absolute atomic E-state index is 0.0159. The molecule has 0 aliphatic carbocycles. The number of hydrogen-bond donors (Lipinski definition) is 1. The molecule has 4 nitrogen and oxygen atoms in total. The third kappa shape index (κ3) is 4.03. The van der Waals surface area contributed by atoms with Crippen molar-refractivity contribution in [1.29, 1.82) is 0 Å². The lowest BCUT2D eigenvalue weighted by Crippen LogP contribution is -2.42. The van der Waals surface area contributed by atoms with Crippen molar-refractivity contribution < 1.29 is 9.59 Å². The summed E-state index contributed by atoms with van der Waals surface area (Å²) in [6.45, 7) is 1.83. The Morgan fingerprint density at radius 1 is 1.00 bits per heavy atom. The third-order valence-corrected chi connectivity index (χ3v) is 6.02. The molecule has 1 aromatic heterocycles. The number of hydrogen-bond acceptors (Lipinski definition) is 3. The first kappa shape index (κ1) is 17.7. The SMILES string of the molecule is O=C(NCc1ccc2ccccc2c1)C1CCN(C(=O)c2cccs2)CC1. The highest BCUT2D eigenvalue weighted by molar-refractivity contribution is 7.12. The molecule has 1 aliphatic rings. The fraction of sp³-hybridized carbons (Fsp3) is 0.273. The Labute approximate surface area is 162 Å². The Morgan fingerprint density at radius 2 is 1.78 bits per heavy atom. The molecule has 2 aromatic carbocycles. The Morgan fingerprint density at radius 3 is 2.52 bits per heavy atom. The smallest absolute Gasteiger partial charge is 0.263 e. The fourth-order valence-corrected chi connectivity index (χ4v) is 4.27. The third-order valence-electron chi connectivity index (χ3n) is 5.17. The number of fused-ring (bicyclic) bond motifs is 1. The highest BCUT2D eigenvalue weighted by Crippen LogP contribution is 2.21. The molecule has 0 radical (unpaired) electrons. The summed E-state index contributed by atoms with van der Waals surface area (Å²) in [4.78, 5) is 27.6. The maximum Gasteiger partial charge on any atom is 0.263 e. The molecular weight excluding hydrogens is 356 g/mol. The second-order valence-electron chi connectivity index (χ2n) is 6.94. The molecule has 1 fully saturated rings. The van der Waals surface area contributed by atoms with E-state index in [2.05, 4.69) is 35.6 Å². The van der Waals surface area contributed by atoms with Gasteiger partial charge in [-0.15, -0.1) is 11.3 Å². The number of likely N-dealkylation sites (tertiary alicyclic amines) is 1. The first-order chi connectivity index (χ1) is 13.2. The molecule has 0 unspecified atom stereocenters. The number of piperidine rings is 1. The van der Waals surface area contributed by atoms with E-state index < -0.39 is 0 Å². The molecule has 5 heteroatoms. The van der Waals surface area contributed by atoms with Gasteiger partial charge < -0.3 is 10.2 Å². The Balaban J connectivity index is 1.29. The van der Waals surface area contributed by atoms with Gasteiger partial charge in [-0.05, 0) is 46.7 Å². The van der Waals surface area contributed by atoms with Gasteiger partial charge in [-0.25, -0.2) is 0 Å². The second-order valence-corrected chi connectivity index (χ2v) is 7.89. The first-order valence-electron chi connectivity index (χ1n) is 9.29. The summed E-state index contributed by atoms with van der Waals surface area (Å²) in [5.41, 5.74) is 1.10. The van der Waals surface area contributed by atoms with E-state index in [1.54, 1.807) is 0 Å². The minimum atomic E-state index is -0.0159. The van der Waals surface area contributed by atoms with Crippen LogP contribution in [0.15, 0.2) is 60.0 Å². The van der Waals surface area contributed by atoms with Crippen LogP contribution in [0.4, 0.5) is 0 Å². The van der Waals surface area contributed by atoms with Crippen LogP contribution >= 0.6 is 11.3 Å². The van der Waals surface area contributed by atoms with Crippen LogP contribution in [0.1, 0.15) is 28.1 Å². The van der Waals surface area contributed by atoms with Gasteiger partial charge in [0, 0.05) is 25.6 Å². The van der Waals surface area contributed by atoms with Crippen molar-refractivity contribution in [3.8, 4) is 0 Å². The van der Waals surface area contributed by atoms with Crippen LogP contribution < -0.4 is 5.32 Å². The number of nitrogens with zero attached hydrogens (tertiary/aromatic N) is 1. The molecule has 138 valence electrons. The lowest BCUT2D eigenvalue weighted by atomic mass is 9.95. The molecule has 2 heterocycles. The summed E-state index contributed by atoms with van der Waals surface area (Å²) in [7, 11) is 0. The number of carbonyl (C=O) groups is 2. The van der Waals surface area contributed by atoms with E-state index >= 15 is 0 Å². The standard InChI is InChI=1S/C22H22N2O2S/c25-21(23-15-16-7-8-17-4-1-2-5-19(17)14-16)18-9-11-24(12-10-18)22(26)20-6-3-13-27-20/h1-8,13-14,18H,9-12,15H2,(H,23,25). The molecular formula is C22H22N2O2S.